The minimum atomic E-state index is 0.743. The molecule has 0 saturated carbocycles. The van der Waals surface area contributed by atoms with E-state index >= 15 is 0 Å². The smallest absolute Gasteiger partial charge is 0.198 e. The molecule has 0 aliphatic heterocycles. The predicted molar refractivity (Wildman–Crippen MR) is 74.6 cm³/mol. The van der Waals surface area contributed by atoms with Gasteiger partial charge in [-0.3, -0.25) is 0 Å². The fourth-order valence-electron chi connectivity index (χ4n) is 1.68. The van der Waals surface area contributed by atoms with E-state index < -0.39 is 0 Å². The first kappa shape index (κ1) is 11.6. The number of thiophene rings is 1. The van der Waals surface area contributed by atoms with Crippen molar-refractivity contribution in [2.75, 3.05) is 0 Å². The van der Waals surface area contributed by atoms with Crippen molar-refractivity contribution in [1.29, 1.82) is 0 Å². The van der Waals surface area contributed by atoms with Gasteiger partial charge in [-0.15, -0.1) is 11.3 Å². The molecule has 0 bridgehead atoms. The van der Waals surface area contributed by atoms with Gasteiger partial charge >= 0.3 is 0 Å². The molecule has 1 aromatic carbocycles. The third-order valence-electron chi connectivity index (χ3n) is 2.68. The number of hydrogen-bond acceptors (Lipinski definition) is 1. The third kappa shape index (κ3) is 2.46. The molecule has 0 saturated heterocycles. The van der Waals surface area contributed by atoms with Gasteiger partial charge < -0.3 is 0 Å². The van der Waals surface area contributed by atoms with Crippen molar-refractivity contribution in [3.8, 4) is 0 Å². The molecule has 0 spiro atoms. The molecule has 0 N–H and O–H groups in total. The Kier molecular flexibility index (Phi) is 3.41. The number of allylic oxidation sites excluding steroid dienone is 1. The monoisotopic (exact) mass is 239 g/mol. The first-order chi connectivity index (χ1) is 8.22. The molecule has 2 aromatic rings. The maximum Gasteiger partial charge on any atom is 0.198 e. The fourth-order valence-corrected chi connectivity index (χ4v) is 2.42. The quantitative estimate of drug-likeness (QED) is 0.659. The van der Waals surface area contributed by atoms with Gasteiger partial charge in [0, 0.05) is 4.88 Å². The zero-order chi connectivity index (χ0) is 12.3. The SMILES string of the molecule is [C-]#[N+]C(=C(C)c1cccs1)c1ccc(C)cc1. The molecule has 1 nitrogen and oxygen atoms in total. The first-order valence-corrected chi connectivity index (χ1v) is 6.29. The largest absolute Gasteiger partial charge is 0.237 e. The van der Waals surface area contributed by atoms with Crippen molar-refractivity contribution in [2.24, 2.45) is 0 Å². The average molecular weight is 239 g/mol. The highest BCUT2D eigenvalue weighted by molar-refractivity contribution is 7.11. The van der Waals surface area contributed by atoms with E-state index in [0.717, 1.165) is 21.7 Å². The summed E-state index contributed by atoms with van der Waals surface area (Å²) in [5.74, 6) is 0. The van der Waals surface area contributed by atoms with Crippen LogP contribution in [-0.2, 0) is 0 Å². The van der Waals surface area contributed by atoms with Crippen LogP contribution in [0.2, 0.25) is 0 Å². The number of nitrogens with zero attached hydrogens (tertiary/aromatic N) is 1. The van der Waals surface area contributed by atoms with Gasteiger partial charge in [-0.05, 0) is 36.4 Å². The first-order valence-electron chi connectivity index (χ1n) is 5.41. The Balaban J connectivity index is 2.51. The Labute approximate surface area is 106 Å². The normalized spacial score (nSPS) is 11.8. The second-order valence-electron chi connectivity index (χ2n) is 3.93. The minimum absolute atomic E-state index is 0.743. The van der Waals surface area contributed by atoms with Crippen molar-refractivity contribution < 1.29 is 0 Å². The van der Waals surface area contributed by atoms with Crippen LogP contribution in [0.25, 0.3) is 16.1 Å². The van der Waals surface area contributed by atoms with Crippen LogP contribution < -0.4 is 0 Å². The second-order valence-corrected chi connectivity index (χ2v) is 4.88. The maximum absolute atomic E-state index is 7.36. The summed E-state index contributed by atoms with van der Waals surface area (Å²) < 4.78 is 0. The maximum atomic E-state index is 7.36. The van der Waals surface area contributed by atoms with Crippen molar-refractivity contribution >= 4 is 22.6 Å². The lowest BCUT2D eigenvalue weighted by Crippen LogP contribution is -1.84. The van der Waals surface area contributed by atoms with E-state index in [1.807, 2.05) is 42.6 Å². The number of aryl methyl sites for hydroxylation is 1. The summed E-state index contributed by atoms with van der Waals surface area (Å²) in [5.41, 5.74) is 4.01. The molecule has 0 radical (unpaired) electrons. The van der Waals surface area contributed by atoms with E-state index in [2.05, 4.69) is 17.8 Å². The van der Waals surface area contributed by atoms with Gasteiger partial charge in [0.25, 0.3) is 0 Å². The van der Waals surface area contributed by atoms with E-state index in [1.165, 1.54) is 5.56 Å². The van der Waals surface area contributed by atoms with Crippen LogP contribution in [0.3, 0.4) is 0 Å². The molecule has 17 heavy (non-hydrogen) atoms. The lowest BCUT2D eigenvalue weighted by molar-refractivity contribution is 1.45. The summed E-state index contributed by atoms with van der Waals surface area (Å²) in [4.78, 5) is 4.84. The van der Waals surface area contributed by atoms with Crippen molar-refractivity contribution in [3.05, 3.63) is 69.2 Å². The summed E-state index contributed by atoms with van der Waals surface area (Å²) in [5, 5.41) is 2.04. The minimum Gasteiger partial charge on any atom is -0.237 e. The Bertz CT molecular complexity index is 568. The molecule has 2 heteroatoms. The third-order valence-corrected chi connectivity index (χ3v) is 3.67. The second kappa shape index (κ2) is 4.99. The van der Waals surface area contributed by atoms with Crippen LogP contribution in [0.1, 0.15) is 22.9 Å². The van der Waals surface area contributed by atoms with E-state index in [9.17, 15) is 0 Å². The predicted octanol–water partition coefficient (Wildman–Crippen LogP) is 4.86. The summed E-state index contributed by atoms with van der Waals surface area (Å²) in [7, 11) is 0. The molecule has 0 fully saturated rings. The molecule has 0 aliphatic carbocycles. The molecule has 1 heterocycles. The van der Waals surface area contributed by atoms with Gasteiger partial charge in [-0.2, -0.15) is 0 Å². The Morgan fingerprint density at radius 3 is 2.41 bits per heavy atom. The van der Waals surface area contributed by atoms with Gasteiger partial charge in [0.1, 0.15) is 0 Å². The standard InChI is InChI=1S/C15H13NS/c1-11-6-8-13(9-7-11)15(16-3)12(2)14-5-4-10-17-14/h4-10H,1-2H3. The number of benzene rings is 1. The molecular formula is C15H13NS. The van der Waals surface area contributed by atoms with Crippen molar-refractivity contribution in [2.45, 2.75) is 13.8 Å². The van der Waals surface area contributed by atoms with Crippen LogP contribution in [0, 0.1) is 13.5 Å². The molecule has 2 rings (SSSR count). The van der Waals surface area contributed by atoms with Crippen molar-refractivity contribution in [3.63, 3.8) is 0 Å². The Morgan fingerprint density at radius 1 is 1.18 bits per heavy atom. The average Bonchev–Trinajstić information content (AvgIpc) is 2.86. The lowest BCUT2D eigenvalue weighted by Gasteiger charge is -2.04. The topological polar surface area (TPSA) is 4.36 Å². The Hall–Kier alpha value is -1.85. The van der Waals surface area contributed by atoms with Gasteiger partial charge in [-0.25, -0.2) is 4.85 Å². The molecule has 0 aliphatic rings. The molecular weight excluding hydrogens is 226 g/mol. The zero-order valence-corrected chi connectivity index (χ0v) is 10.7. The van der Waals surface area contributed by atoms with E-state index in [-0.39, 0.29) is 0 Å². The van der Waals surface area contributed by atoms with Crippen LogP contribution in [0.4, 0.5) is 0 Å². The highest BCUT2D eigenvalue weighted by Crippen LogP contribution is 2.29. The van der Waals surface area contributed by atoms with Crippen LogP contribution >= 0.6 is 11.3 Å². The number of rotatable bonds is 2. The van der Waals surface area contributed by atoms with Crippen LogP contribution in [0.15, 0.2) is 41.8 Å². The van der Waals surface area contributed by atoms with Crippen LogP contribution in [0.5, 0.6) is 0 Å². The van der Waals surface area contributed by atoms with Crippen molar-refractivity contribution in [1.82, 2.24) is 0 Å². The van der Waals surface area contributed by atoms with Gasteiger partial charge in [-0.1, -0.05) is 35.9 Å². The molecule has 0 atom stereocenters. The lowest BCUT2D eigenvalue weighted by atomic mass is 10.1. The Morgan fingerprint density at radius 2 is 1.88 bits per heavy atom. The summed E-state index contributed by atoms with van der Waals surface area (Å²) >= 11 is 1.67. The highest BCUT2D eigenvalue weighted by Gasteiger charge is 2.08. The summed E-state index contributed by atoms with van der Waals surface area (Å²) in [6.45, 7) is 11.4. The molecule has 0 amide bonds. The number of hydrogen-bond donors (Lipinski definition) is 0. The van der Waals surface area contributed by atoms with Gasteiger partial charge in [0.15, 0.2) is 5.70 Å². The van der Waals surface area contributed by atoms with Crippen LogP contribution in [-0.4, -0.2) is 0 Å². The molecule has 84 valence electrons. The zero-order valence-electron chi connectivity index (χ0n) is 9.90. The van der Waals surface area contributed by atoms with E-state index in [0.29, 0.717) is 0 Å². The summed E-state index contributed by atoms with van der Waals surface area (Å²) in [6.07, 6.45) is 0. The summed E-state index contributed by atoms with van der Waals surface area (Å²) in [6, 6.07) is 12.2. The van der Waals surface area contributed by atoms with E-state index in [4.69, 9.17) is 6.57 Å². The molecule has 1 aromatic heterocycles. The van der Waals surface area contributed by atoms with Gasteiger partial charge in [0.2, 0.25) is 0 Å². The fraction of sp³-hybridized carbons (Fsp3) is 0.133. The highest BCUT2D eigenvalue weighted by atomic mass is 32.1. The molecule has 0 unspecified atom stereocenters. The van der Waals surface area contributed by atoms with Gasteiger partial charge in [0.05, 0.1) is 6.57 Å². The van der Waals surface area contributed by atoms with E-state index in [1.54, 1.807) is 11.3 Å².